The number of hydrogen-bond donors (Lipinski definition) is 0. The van der Waals surface area contributed by atoms with Crippen LogP contribution >= 0.6 is 0 Å². The summed E-state index contributed by atoms with van der Waals surface area (Å²) in [4.78, 5) is 0. The standard InChI is InChI=1S/C48H29N3/c1-3-12-32(13-4-1)49-40-20-8-7-16-34(40)38-28-30(24-26-41(38)49)31-25-27-42-39(29-31)37-19-9-18-36-35-17-10-21-43-46(35)47-44(50(43)33-14-5-2-6-15-33)22-11-23-45(47)51(42)48(36)37/h1-29H. The van der Waals surface area contributed by atoms with Crippen LogP contribution in [0.4, 0.5) is 0 Å². The van der Waals surface area contributed by atoms with Gasteiger partial charge in [-0.15, -0.1) is 0 Å². The summed E-state index contributed by atoms with van der Waals surface area (Å²) >= 11 is 0. The monoisotopic (exact) mass is 647 g/mol. The number of rotatable bonds is 3. The van der Waals surface area contributed by atoms with Gasteiger partial charge in [0.05, 0.1) is 38.6 Å². The van der Waals surface area contributed by atoms with E-state index in [1.54, 1.807) is 0 Å². The zero-order valence-corrected chi connectivity index (χ0v) is 27.6. The van der Waals surface area contributed by atoms with Gasteiger partial charge < -0.3 is 13.5 Å². The topological polar surface area (TPSA) is 14.3 Å². The molecule has 0 N–H and O–H groups in total. The molecule has 0 spiro atoms. The minimum Gasteiger partial charge on any atom is -0.309 e. The van der Waals surface area contributed by atoms with Gasteiger partial charge in [-0.25, -0.2) is 0 Å². The number of fused-ring (bicyclic) bond motifs is 8. The second-order valence-corrected chi connectivity index (χ2v) is 13.7. The second-order valence-electron chi connectivity index (χ2n) is 13.7. The maximum Gasteiger partial charge on any atom is 0.0619 e. The van der Waals surface area contributed by atoms with Gasteiger partial charge in [-0.3, -0.25) is 0 Å². The molecule has 0 atom stereocenters. The summed E-state index contributed by atoms with van der Waals surface area (Å²) in [5.74, 6) is 0. The van der Waals surface area contributed by atoms with E-state index in [1.165, 1.54) is 104 Å². The van der Waals surface area contributed by atoms with E-state index in [-0.39, 0.29) is 0 Å². The van der Waals surface area contributed by atoms with Gasteiger partial charge in [0.15, 0.2) is 0 Å². The Balaban J connectivity index is 1.16. The van der Waals surface area contributed by atoms with Crippen LogP contribution in [0.1, 0.15) is 0 Å². The second kappa shape index (κ2) is 9.87. The Labute approximate surface area is 292 Å². The molecule has 0 aliphatic carbocycles. The summed E-state index contributed by atoms with van der Waals surface area (Å²) in [5, 5.41) is 10.3. The molecule has 4 aromatic heterocycles. The Morgan fingerprint density at radius 1 is 0.275 bits per heavy atom. The number of nitrogens with zero attached hydrogens (tertiary/aromatic N) is 3. The molecule has 0 saturated heterocycles. The van der Waals surface area contributed by atoms with Crippen LogP contribution < -0.4 is 0 Å². The number of para-hydroxylation sites is 4. The third kappa shape index (κ3) is 3.52. The molecule has 0 saturated carbocycles. The Kier molecular flexibility index (Phi) is 5.23. The van der Waals surface area contributed by atoms with Crippen LogP contribution in [0.2, 0.25) is 0 Å². The van der Waals surface area contributed by atoms with Crippen LogP contribution in [0.15, 0.2) is 176 Å². The van der Waals surface area contributed by atoms with Crippen LogP contribution in [-0.2, 0) is 0 Å². The molecular formula is C48H29N3. The van der Waals surface area contributed by atoms with Gasteiger partial charge in [0.25, 0.3) is 0 Å². The summed E-state index contributed by atoms with van der Waals surface area (Å²) < 4.78 is 7.33. The van der Waals surface area contributed by atoms with Crippen molar-refractivity contribution in [2.45, 2.75) is 0 Å². The normalized spacial score (nSPS) is 12.3. The fraction of sp³-hybridized carbons (Fsp3) is 0. The minimum absolute atomic E-state index is 1.18. The lowest BCUT2D eigenvalue weighted by Gasteiger charge is -2.09. The average Bonchev–Trinajstić information content (AvgIpc) is 3.80. The zero-order valence-electron chi connectivity index (χ0n) is 27.6. The highest BCUT2D eigenvalue weighted by Crippen LogP contribution is 2.45. The molecule has 0 bridgehead atoms. The number of aromatic nitrogens is 3. The van der Waals surface area contributed by atoms with Crippen molar-refractivity contribution < 1.29 is 0 Å². The Hall–Kier alpha value is -6.84. The molecule has 8 aromatic carbocycles. The van der Waals surface area contributed by atoms with E-state index in [0.29, 0.717) is 0 Å². The van der Waals surface area contributed by atoms with Crippen LogP contribution in [0, 0.1) is 0 Å². The molecule has 3 heteroatoms. The SMILES string of the molecule is c1ccc(-n2c3ccccc3c3cc(-c4ccc5c(c4)c4cccc6c7cccc8c7c7c(cccc7n5c64)n8-c4ccccc4)ccc32)cc1. The number of hydrogen-bond acceptors (Lipinski definition) is 0. The van der Waals surface area contributed by atoms with Crippen molar-refractivity contribution in [1.82, 2.24) is 13.5 Å². The molecule has 0 amide bonds. The first-order valence-electron chi connectivity index (χ1n) is 17.6. The maximum atomic E-state index is 2.53. The van der Waals surface area contributed by atoms with Crippen LogP contribution in [0.3, 0.4) is 0 Å². The Morgan fingerprint density at radius 2 is 0.745 bits per heavy atom. The highest BCUT2D eigenvalue weighted by molar-refractivity contribution is 6.31. The molecular weight excluding hydrogens is 619 g/mol. The Bertz CT molecular complexity index is 3340. The van der Waals surface area contributed by atoms with E-state index in [4.69, 9.17) is 0 Å². The van der Waals surface area contributed by atoms with Crippen molar-refractivity contribution in [3.05, 3.63) is 176 Å². The fourth-order valence-corrected chi connectivity index (χ4v) is 9.08. The lowest BCUT2D eigenvalue weighted by Crippen LogP contribution is -1.93. The maximum absolute atomic E-state index is 2.53. The predicted octanol–water partition coefficient (Wildman–Crippen LogP) is 12.7. The van der Waals surface area contributed by atoms with Crippen LogP contribution in [0.5, 0.6) is 0 Å². The zero-order chi connectivity index (χ0) is 33.2. The first-order chi connectivity index (χ1) is 25.3. The predicted molar refractivity (Wildman–Crippen MR) is 215 cm³/mol. The molecule has 4 heterocycles. The van der Waals surface area contributed by atoms with E-state index >= 15 is 0 Å². The third-order valence-corrected chi connectivity index (χ3v) is 11.1. The van der Waals surface area contributed by atoms with Crippen molar-refractivity contribution >= 4 is 81.7 Å². The molecule has 0 aliphatic rings. The first kappa shape index (κ1) is 27.0. The molecule has 12 rings (SSSR count). The van der Waals surface area contributed by atoms with E-state index in [2.05, 4.69) is 189 Å². The molecule has 0 radical (unpaired) electrons. The average molecular weight is 648 g/mol. The largest absolute Gasteiger partial charge is 0.309 e. The highest BCUT2D eigenvalue weighted by Gasteiger charge is 2.22. The van der Waals surface area contributed by atoms with Crippen molar-refractivity contribution in [1.29, 1.82) is 0 Å². The van der Waals surface area contributed by atoms with Gasteiger partial charge >= 0.3 is 0 Å². The lowest BCUT2D eigenvalue weighted by molar-refractivity contribution is 1.18. The molecule has 0 unspecified atom stereocenters. The molecule has 51 heavy (non-hydrogen) atoms. The summed E-state index contributed by atoms with van der Waals surface area (Å²) in [6, 6.07) is 64.7. The van der Waals surface area contributed by atoms with Crippen LogP contribution in [-0.4, -0.2) is 13.5 Å². The quantitative estimate of drug-likeness (QED) is 0.181. The van der Waals surface area contributed by atoms with Crippen molar-refractivity contribution in [3.8, 4) is 22.5 Å². The van der Waals surface area contributed by atoms with Gasteiger partial charge in [-0.1, -0.05) is 103 Å². The van der Waals surface area contributed by atoms with Crippen molar-refractivity contribution in [2.75, 3.05) is 0 Å². The lowest BCUT2D eigenvalue weighted by atomic mass is 9.99. The fourth-order valence-electron chi connectivity index (χ4n) is 9.08. The number of benzene rings is 8. The van der Waals surface area contributed by atoms with Gasteiger partial charge in [0, 0.05) is 49.1 Å². The third-order valence-electron chi connectivity index (χ3n) is 11.1. The minimum atomic E-state index is 1.18. The van der Waals surface area contributed by atoms with Crippen LogP contribution in [0.25, 0.3) is 104 Å². The van der Waals surface area contributed by atoms with Crippen molar-refractivity contribution in [2.24, 2.45) is 0 Å². The highest BCUT2D eigenvalue weighted by atomic mass is 15.0. The first-order valence-corrected chi connectivity index (χ1v) is 17.6. The molecule has 0 fully saturated rings. The Morgan fingerprint density at radius 3 is 1.49 bits per heavy atom. The summed E-state index contributed by atoms with van der Waals surface area (Å²) in [7, 11) is 0. The summed E-state index contributed by atoms with van der Waals surface area (Å²) in [6.07, 6.45) is 0. The van der Waals surface area contributed by atoms with E-state index in [9.17, 15) is 0 Å². The van der Waals surface area contributed by atoms with E-state index in [0.717, 1.165) is 0 Å². The van der Waals surface area contributed by atoms with Gasteiger partial charge in [0.2, 0.25) is 0 Å². The van der Waals surface area contributed by atoms with Gasteiger partial charge in [-0.05, 0) is 89.3 Å². The summed E-state index contributed by atoms with van der Waals surface area (Å²) in [5.41, 5.74) is 13.4. The molecule has 12 aromatic rings. The molecule has 0 aliphatic heterocycles. The van der Waals surface area contributed by atoms with Gasteiger partial charge in [-0.2, -0.15) is 0 Å². The van der Waals surface area contributed by atoms with E-state index in [1.807, 2.05) is 0 Å². The smallest absolute Gasteiger partial charge is 0.0619 e. The molecule has 3 nitrogen and oxygen atoms in total. The van der Waals surface area contributed by atoms with Gasteiger partial charge in [0.1, 0.15) is 0 Å². The van der Waals surface area contributed by atoms with Crippen molar-refractivity contribution in [3.63, 3.8) is 0 Å². The van der Waals surface area contributed by atoms with E-state index < -0.39 is 0 Å². The summed E-state index contributed by atoms with van der Waals surface area (Å²) in [6.45, 7) is 0. The molecule has 236 valence electrons.